The number of hydrogen-bond acceptors (Lipinski definition) is 6. The topological polar surface area (TPSA) is 124 Å². The maximum Gasteiger partial charge on any atom is 0.253 e. The van der Waals surface area contributed by atoms with Gasteiger partial charge in [0.05, 0.1) is 25.7 Å². The summed E-state index contributed by atoms with van der Waals surface area (Å²) in [5.41, 5.74) is 0.855. The highest BCUT2D eigenvalue weighted by Crippen LogP contribution is 2.39. The SMILES string of the molecule is CCOc1ccc(Cl)cc1C(O)NC(=O)c1ccc2c(c1)[C@H](N1C(=N)NC(CC)(CC)CC1=O)CCO2. The summed E-state index contributed by atoms with van der Waals surface area (Å²) in [4.78, 5) is 27.8. The van der Waals surface area contributed by atoms with Gasteiger partial charge in [-0.3, -0.25) is 19.9 Å². The minimum atomic E-state index is -1.35. The smallest absolute Gasteiger partial charge is 0.253 e. The molecule has 1 unspecified atom stereocenters. The van der Waals surface area contributed by atoms with Gasteiger partial charge >= 0.3 is 0 Å². The number of aliphatic hydroxyl groups excluding tert-OH is 1. The first kappa shape index (κ1) is 26.8. The summed E-state index contributed by atoms with van der Waals surface area (Å²) in [7, 11) is 0. The van der Waals surface area contributed by atoms with Crippen LogP contribution in [0.15, 0.2) is 36.4 Å². The highest BCUT2D eigenvalue weighted by atomic mass is 35.5. The summed E-state index contributed by atoms with van der Waals surface area (Å²) in [6.07, 6.45) is 0.902. The van der Waals surface area contributed by atoms with Crippen molar-refractivity contribution >= 4 is 29.4 Å². The van der Waals surface area contributed by atoms with E-state index in [1.807, 2.05) is 20.8 Å². The van der Waals surface area contributed by atoms with Crippen molar-refractivity contribution in [2.75, 3.05) is 13.2 Å². The number of carbonyl (C=O) groups is 2. The van der Waals surface area contributed by atoms with Crippen LogP contribution in [0.5, 0.6) is 11.5 Å². The third kappa shape index (κ3) is 5.38. The molecule has 4 rings (SSSR count). The number of carbonyl (C=O) groups excluding carboxylic acids is 2. The second-order valence-corrected chi connectivity index (χ2v) is 9.73. The van der Waals surface area contributed by atoms with Gasteiger partial charge < -0.3 is 25.2 Å². The molecule has 2 amide bonds. The summed E-state index contributed by atoms with van der Waals surface area (Å²) in [5, 5.41) is 25.6. The Kier molecular flexibility index (Phi) is 7.94. The fourth-order valence-corrected chi connectivity index (χ4v) is 5.13. The third-order valence-corrected chi connectivity index (χ3v) is 7.40. The van der Waals surface area contributed by atoms with Crippen molar-refractivity contribution in [1.29, 1.82) is 5.41 Å². The Balaban J connectivity index is 1.58. The molecule has 9 nitrogen and oxygen atoms in total. The molecule has 2 aliphatic heterocycles. The van der Waals surface area contributed by atoms with Crippen LogP contribution in [0.25, 0.3) is 0 Å². The summed E-state index contributed by atoms with van der Waals surface area (Å²) in [6, 6.07) is 9.33. The van der Waals surface area contributed by atoms with E-state index in [1.54, 1.807) is 36.4 Å². The van der Waals surface area contributed by atoms with Crippen LogP contribution in [0.2, 0.25) is 5.02 Å². The Morgan fingerprint density at radius 3 is 2.73 bits per heavy atom. The Labute approximate surface area is 221 Å². The van der Waals surface area contributed by atoms with E-state index in [2.05, 4.69) is 10.6 Å². The van der Waals surface area contributed by atoms with Crippen LogP contribution in [-0.4, -0.2) is 46.5 Å². The molecule has 4 N–H and O–H groups in total. The van der Waals surface area contributed by atoms with Crippen molar-refractivity contribution in [1.82, 2.24) is 15.5 Å². The third-order valence-electron chi connectivity index (χ3n) is 7.16. The number of nitrogens with zero attached hydrogens (tertiary/aromatic N) is 1. The molecular formula is C27H33ClN4O5. The van der Waals surface area contributed by atoms with E-state index in [0.717, 1.165) is 12.8 Å². The van der Waals surface area contributed by atoms with Gasteiger partial charge in [-0.05, 0) is 56.2 Å². The fourth-order valence-electron chi connectivity index (χ4n) is 4.95. The van der Waals surface area contributed by atoms with Gasteiger partial charge in [0, 0.05) is 33.7 Å². The molecule has 37 heavy (non-hydrogen) atoms. The summed E-state index contributed by atoms with van der Waals surface area (Å²) in [6.45, 7) is 6.62. The number of benzene rings is 2. The first-order valence-corrected chi connectivity index (χ1v) is 13.0. The molecule has 0 aromatic heterocycles. The van der Waals surface area contributed by atoms with Gasteiger partial charge in [0.2, 0.25) is 5.91 Å². The van der Waals surface area contributed by atoms with E-state index >= 15 is 0 Å². The lowest BCUT2D eigenvalue weighted by Gasteiger charge is -2.45. The van der Waals surface area contributed by atoms with Gasteiger partial charge in [-0.1, -0.05) is 25.4 Å². The summed E-state index contributed by atoms with van der Waals surface area (Å²) < 4.78 is 11.4. The predicted molar refractivity (Wildman–Crippen MR) is 140 cm³/mol. The zero-order valence-electron chi connectivity index (χ0n) is 21.3. The normalized spacial score (nSPS) is 19.4. The van der Waals surface area contributed by atoms with E-state index in [1.165, 1.54) is 4.90 Å². The standard InChI is InChI=1S/C27H33ClN4O5/c1-4-27(5-2)15-23(33)32(26(29)31-27)20-11-12-37-21-9-7-16(13-18(20)21)24(34)30-25(35)19-14-17(28)8-10-22(19)36-6-3/h7-10,13-14,20,25,35H,4-6,11-12,15H2,1-3H3,(H2,29,31)(H,30,34)/t20-,25?/m1/s1. The molecule has 2 aliphatic rings. The second kappa shape index (κ2) is 11.0. The zero-order valence-corrected chi connectivity index (χ0v) is 22.0. The minimum Gasteiger partial charge on any atom is -0.493 e. The van der Waals surface area contributed by atoms with E-state index in [-0.39, 0.29) is 17.4 Å². The van der Waals surface area contributed by atoms with Crippen molar-refractivity contribution in [3.63, 3.8) is 0 Å². The number of rotatable bonds is 8. The van der Waals surface area contributed by atoms with Crippen LogP contribution >= 0.6 is 11.6 Å². The monoisotopic (exact) mass is 528 g/mol. The minimum absolute atomic E-state index is 0.0625. The van der Waals surface area contributed by atoms with Crippen LogP contribution < -0.4 is 20.1 Å². The fraction of sp³-hybridized carbons (Fsp3) is 0.444. The van der Waals surface area contributed by atoms with Crippen LogP contribution in [0.3, 0.4) is 0 Å². The summed E-state index contributed by atoms with van der Waals surface area (Å²) >= 11 is 6.10. The first-order chi connectivity index (χ1) is 17.7. The van der Waals surface area contributed by atoms with E-state index in [0.29, 0.717) is 53.7 Å². The molecule has 2 aromatic carbocycles. The van der Waals surface area contributed by atoms with Crippen LogP contribution in [0.1, 0.15) is 80.2 Å². The molecule has 2 aromatic rings. The first-order valence-electron chi connectivity index (χ1n) is 12.6. The number of nitrogens with one attached hydrogen (secondary N) is 3. The lowest BCUT2D eigenvalue weighted by atomic mass is 9.85. The van der Waals surface area contributed by atoms with Gasteiger partial charge in [-0.2, -0.15) is 0 Å². The second-order valence-electron chi connectivity index (χ2n) is 9.30. The molecule has 0 bridgehead atoms. The Hall–Kier alpha value is -3.30. The van der Waals surface area contributed by atoms with E-state index in [4.69, 9.17) is 26.5 Å². The number of hydrogen-bond donors (Lipinski definition) is 4. The van der Waals surface area contributed by atoms with Crippen molar-refractivity contribution in [3.05, 3.63) is 58.1 Å². The van der Waals surface area contributed by atoms with Gasteiger partial charge in [-0.15, -0.1) is 0 Å². The molecule has 10 heteroatoms. The number of ether oxygens (including phenoxy) is 2. The quantitative estimate of drug-likeness (QED) is 0.379. The number of fused-ring (bicyclic) bond motifs is 1. The Morgan fingerprint density at radius 2 is 2.05 bits per heavy atom. The Morgan fingerprint density at radius 1 is 1.30 bits per heavy atom. The van der Waals surface area contributed by atoms with Crippen molar-refractivity contribution in [2.24, 2.45) is 0 Å². The molecule has 1 fully saturated rings. The van der Waals surface area contributed by atoms with E-state index < -0.39 is 23.7 Å². The molecule has 0 radical (unpaired) electrons. The average molecular weight is 529 g/mol. The highest BCUT2D eigenvalue weighted by Gasteiger charge is 2.43. The van der Waals surface area contributed by atoms with Gasteiger partial charge in [0.1, 0.15) is 11.5 Å². The number of aliphatic hydroxyl groups is 1. The van der Waals surface area contributed by atoms with Crippen LogP contribution in [0, 0.1) is 5.41 Å². The molecule has 198 valence electrons. The molecule has 1 saturated heterocycles. The summed E-state index contributed by atoms with van der Waals surface area (Å²) in [5.74, 6) is 0.400. The Bertz CT molecular complexity index is 1180. The number of amides is 2. The van der Waals surface area contributed by atoms with Crippen molar-refractivity contribution < 1.29 is 24.2 Å². The zero-order chi connectivity index (χ0) is 26.7. The molecule has 0 aliphatic carbocycles. The molecule has 2 heterocycles. The number of halogens is 1. The lowest BCUT2D eigenvalue weighted by Crippen LogP contribution is -2.62. The van der Waals surface area contributed by atoms with Gasteiger partial charge in [-0.25, -0.2) is 0 Å². The average Bonchev–Trinajstić information content (AvgIpc) is 2.89. The predicted octanol–water partition coefficient (Wildman–Crippen LogP) is 4.30. The molecule has 0 spiro atoms. The van der Waals surface area contributed by atoms with Crippen LogP contribution in [0.4, 0.5) is 0 Å². The maximum atomic E-state index is 13.3. The van der Waals surface area contributed by atoms with Gasteiger partial charge in [0.25, 0.3) is 5.91 Å². The van der Waals surface area contributed by atoms with Crippen LogP contribution in [-0.2, 0) is 4.79 Å². The van der Waals surface area contributed by atoms with Crippen molar-refractivity contribution in [2.45, 2.75) is 64.3 Å². The van der Waals surface area contributed by atoms with Crippen molar-refractivity contribution in [3.8, 4) is 11.5 Å². The largest absolute Gasteiger partial charge is 0.493 e. The molecule has 2 atom stereocenters. The van der Waals surface area contributed by atoms with E-state index in [9.17, 15) is 14.7 Å². The number of guanidine groups is 1. The lowest BCUT2D eigenvalue weighted by molar-refractivity contribution is -0.133. The highest BCUT2D eigenvalue weighted by molar-refractivity contribution is 6.30. The maximum absolute atomic E-state index is 13.3. The molecule has 0 saturated carbocycles. The van der Waals surface area contributed by atoms with Gasteiger partial charge in [0.15, 0.2) is 12.2 Å². The molecular weight excluding hydrogens is 496 g/mol.